The van der Waals surface area contributed by atoms with Crippen molar-refractivity contribution in [2.75, 3.05) is 11.4 Å². The molecule has 1 fully saturated rings. The van der Waals surface area contributed by atoms with Crippen molar-refractivity contribution >= 4 is 29.2 Å². The average molecular weight is 362 g/mol. The van der Waals surface area contributed by atoms with E-state index < -0.39 is 17.7 Å². The maximum atomic E-state index is 13.6. The molecule has 1 atom stereocenters. The minimum atomic E-state index is -0.570. The summed E-state index contributed by atoms with van der Waals surface area (Å²) in [6, 6.07) is 11.5. The van der Waals surface area contributed by atoms with Gasteiger partial charge in [0.25, 0.3) is 0 Å². The van der Waals surface area contributed by atoms with Crippen LogP contribution in [0.3, 0.4) is 0 Å². The number of esters is 1. The van der Waals surface area contributed by atoms with E-state index in [2.05, 4.69) is 0 Å². The number of amides is 1. The lowest BCUT2D eigenvalue weighted by atomic mass is 10.1. The predicted molar refractivity (Wildman–Crippen MR) is 92.8 cm³/mol. The first-order chi connectivity index (χ1) is 12.0. The highest BCUT2D eigenvalue weighted by Gasteiger charge is 2.36. The third-order valence-corrected chi connectivity index (χ3v) is 4.66. The Morgan fingerprint density at radius 3 is 2.80 bits per heavy atom. The molecule has 6 heteroatoms. The first-order valence-electron chi connectivity index (χ1n) is 7.92. The van der Waals surface area contributed by atoms with Crippen molar-refractivity contribution in [2.24, 2.45) is 5.92 Å². The second kappa shape index (κ2) is 7.23. The molecule has 0 aromatic heterocycles. The number of benzene rings is 2. The molecule has 0 bridgehead atoms. The molecule has 1 unspecified atom stereocenters. The highest BCUT2D eigenvalue weighted by molar-refractivity contribution is 6.31. The molecule has 0 aliphatic carbocycles. The normalized spacial score (nSPS) is 17.0. The summed E-state index contributed by atoms with van der Waals surface area (Å²) < 4.78 is 18.8. The smallest absolute Gasteiger partial charge is 0.311 e. The van der Waals surface area contributed by atoms with Gasteiger partial charge in [0.15, 0.2) is 0 Å². The van der Waals surface area contributed by atoms with Crippen molar-refractivity contribution in [3.8, 4) is 0 Å². The van der Waals surface area contributed by atoms with Crippen molar-refractivity contribution in [3.05, 3.63) is 64.4 Å². The molecule has 1 saturated heterocycles. The highest BCUT2D eigenvalue weighted by atomic mass is 35.5. The number of ether oxygens (including phenoxy) is 1. The van der Waals surface area contributed by atoms with Gasteiger partial charge in [0.1, 0.15) is 12.4 Å². The SMILES string of the molecule is Cc1ccc(N2CC(C(=O)OCc3ccccc3F)CC2=O)cc1Cl. The molecule has 3 rings (SSSR count). The van der Waals surface area contributed by atoms with Crippen LogP contribution in [0.4, 0.5) is 10.1 Å². The van der Waals surface area contributed by atoms with Gasteiger partial charge in [-0.3, -0.25) is 9.59 Å². The Morgan fingerprint density at radius 1 is 1.32 bits per heavy atom. The summed E-state index contributed by atoms with van der Waals surface area (Å²) in [4.78, 5) is 26.0. The third-order valence-electron chi connectivity index (χ3n) is 4.25. The number of halogens is 2. The first kappa shape index (κ1) is 17.4. The number of carbonyl (C=O) groups excluding carboxylic acids is 2. The van der Waals surface area contributed by atoms with Crippen LogP contribution in [0.25, 0.3) is 0 Å². The van der Waals surface area contributed by atoms with E-state index in [1.54, 1.807) is 30.3 Å². The van der Waals surface area contributed by atoms with Crippen molar-refractivity contribution in [1.82, 2.24) is 0 Å². The molecule has 130 valence electrons. The molecule has 1 heterocycles. The summed E-state index contributed by atoms with van der Waals surface area (Å²) in [5.74, 6) is -1.65. The predicted octanol–water partition coefficient (Wildman–Crippen LogP) is 3.88. The van der Waals surface area contributed by atoms with Gasteiger partial charge in [-0.1, -0.05) is 35.9 Å². The zero-order chi connectivity index (χ0) is 18.0. The minimum Gasteiger partial charge on any atom is -0.460 e. The Balaban J connectivity index is 1.64. The fourth-order valence-electron chi connectivity index (χ4n) is 2.75. The van der Waals surface area contributed by atoms with E-state index in [4.69, 9.17) is 16.3 Å². The number of hydrogen-bond donors (Lipinski definition) is 0. The van der Waals surface area contributed by atoms with E-state index in [0.29, 0.717) is 16.3 Å². The molecular weight excluding hydrogens is 345 g/mol. The molecule has 2 aromatic rings. The lowest BCUT2D eigenvalue weighted by Crippen LogP contribution is -2.26. The van der Waals surface area contributed by atoms with Gasteiger partial charge in [-0.15, -0.1) is 0 Å². The maximum absolute atomic E-state index is 13.6. The Kier molecular flexibility index (Phi) is 5.04. The van der Waals surface area contributed by atoms with E-state index in [-0.39, 0.29) is 25.5 Å². The van der Waals surface area contributed by atoms with Crippen LogP contribution in [0.2, 0.25) is 5.02 Å². The molecule has 2 aromatic carbocycles. The lowest BCUT2D eigenvalue weighted by Gasteiger charge is -2.17. The van der Waals surface area contributed by atoms with E-state index >= 15 is 0 Å². The van der Waals surface area contributed by atoms with Gasteiger partial charge < -0.3 is 9.64 Å². The minimum absolute atomic E-state index is 0.0710. The van der Waals surface area contributed by atoms with Crippen LogP contribution in [0.1, 0.15) is 17.5 Å². The largest absolute Gasteiger partial charge is 0.460 e. The molecule has 0 radical (unpaired) electrons. The van der Waals surface area contributed by atoms with Crippen LogP contribution < -0.4 is 4.90 Å². The summed E-state index contributed by atoms with van der Waals surface area (Å²) in [6.45, 7) is 1.96. The van der Waals surface area contributed by atoms with Gasteiger partial charge in [0.05, 0.1) is 5.92 Å². The number of rotatable bonds is 4. The highest BCUT2D eigenvalue weighted by Crippen LogP contribution is 2.29. The first-order valence-corrected chi connectivity index (χ1v) is 8.30. The Hall–Kier alpha value is -2.40. The van der Waals surface area contributed by atoms with E-state index in [9.17, 15) is 14.0 Å². The van der Waals surface area contributed by atoms with Gasteiger partial charge in [0, 0.05) is 29.2 Å². The fourth-order valence-corrected chi connectivity index (χ4v) is 2.92. The molecule has 1 aliphatic rings. The fraction of sp³-hybridized carbons (Fsp3) is 0.263. The second-order valence-electron chi connectivity index (χ2n) is 6.04. The quantitative estimate of drug-likeness (QED) is 0.776. The van der Waals surface area contributed by atoms with Crippen LogP contribution >= 0.6 is 11.6 Å². The van der Waals surface area contributed by atoms with Crippen molar-refractivity contribution in [2.45, 2.75) is 20.0 Å². The van der Waals surface area contributed by atoms with Gasteiger partial charge in [-0.2, -0.15) is 0 Å². The average Bonchev–Trinajstić information content (AvgIpc) is 2.98. The standard InChI is InChI=1S/C19H17ClFNO3/c1-12-6-7-15(9-16(12)20)22-10-14(8-18(22)23)19(24)25-11-13-4-2-3-5-17(13)21/h2-7,9,14H,8,10-11H2,1H3. The monoisotopic (exact) mass is 361 g/mol. The molecular formula is C19H17ClFNO3. The third kappa shape index (κ3) is 3.82. The number of carbonyl (C=O) groups is 2. The van der Waals surface area contributed by atoms with Crippen LogP contribution in [0, 0.1) is 18.7 Å². The zero-order valence-corrected chi connectivity index (χ0v) is 14.4. The van der Waals surface area contributed by atoms with Crippen molar-refractivity contribution in [1.29, 1.82) is 0 Å². The number of anilines is 1. The summed E-state index contributed by atoms with van der Waals surface area (Å²) in [5.41, 5.74) is 1.88. The van der Waals surface area contributed by atoms with Gasteiger partial charge in [-0.05, 0) is 30.7 Å². The summed E-state index contributed by atoms with van der Waals surface area (Å²) in [6.07, 6.45) is 0.0710. The topological polar surface area (TPSA) is 46.6 Å². The maximum Gasteiger partial charge on any atom is 0.311 e. The van der Waals surface area contributed by atoms with E-state index in [1.165, 1.54) is 11.0 Å². The summed E-state index contributed by atoms with van der Waals surface area (Å²) in [5, 5.41) is 0.566. The van der Waals surface area contributed by atoms with E-state index in [1.807, 2.05) is 13.0 Å². The van der Waals surface area contributed by atoms with Gasteiger partial charge >= 0.3 is 5.97 Å². The van der Waals surface area contributed by atoms with Crippen molar-refractivity contribution in [3.63, 3.8) is 0 Å². The Labute approximate surface area is 150 Å². The number of aryl methyl sites for hydroxylation is 1. The van der Waals surface area contributed by atoms with Crippen LogP contribution in [-0.4, -0.2) is 18.4 Å². The van der Waals surface area contributed by atoms with Gasteiger partial charge in [-0.25, -0.2) is 4.39 Å². The van der Waals surface area contributed by atoms with Crippen molar-refractivity contribution < 1.29 is 18.7 Å². The lowest BCUT2D eigenvalue weighted by molar-refractivity contribution is -0.149. The van der Waals surface area contributed by atoms with Gasteiger partial charge in [0.2, 0.25) is 5.91 Å². The van der Waals surface area contributed by atoms with Crippen LogP contribution in [0.15, 0.2) is 42.5 Å². The van der Waals surface area contributed by atoms with Crippen LogP contribution in [-0.2, 0) is 20.9 Å². The molecule has 1 aliphatic heterocycles. The molecule has 4 nitrogen and oxygen atoms in total. The molecule has 0 spiro atoms. The second-order valence-corrected chi connectivity index (χ2v) is 6.45. The number of hydrogen-bond acceptors (Lipinski definition) is 3. The molecule has 25 heavy (non-hydrogen) atoms. The zero-order valence-electron chi connectivity index (χ0n) is 13.7. The summed E-state index contributed by atoms with van der Waals surface area (Å²) in [7, 11) is 0. The number of nitrogens with zero attached hydrogens (tertiary/aromatic N) is 1. The molecule has 0 saturated carbocycles. The molecule has 1 amide bonds. The Bertz CT molecular complexity index is 824. The van der Waals surface area contributed by atoms with Crippen LogP contribution in [0.5, 0.6) is 0 Å². The summed E-state index contributed by atoms with van der Waals surface area (Å²) >= 11 is 6.11. The van der Waals surface area contributed by atoms with E-state index in [0.717, 1.165) is 5.56 Å². The molecule has 0 N–H and O–H groups in total. The Morgan fingerprint density at radius 2 is 2.08 bits per heavy atom.